The summed E-state index contributed by atoms with van der Waals surface area (Å²) >= 11 is 0. The van der Waals surface area contributed by atoms with Crippen LogP contribution in [0.5, 0.6) is 0 Å². The van der Waals surface area contributed by atoms with Gasteiger partial charge in [-0.2, -0.15) is 0 Å². The molecule has 1 aromatic carbocycles. The van der Waals surface area contributed by atoms with Crippen molar-refractivity contribution in [2.45, 2.75) is 20.8 Å². The molecule has 0 aliphatic heterocycles. The SMILES string of the molecule is Cc1ccc(N(CC(=O)O)CC(=O)NCC(C)C)cc1. The van der Waals surface area contributed by atoms with Crippen LogP contribution in [0.4, 0.5) is 5.69 Å². The molecule has 110 valence electrons. The van der Waals surface area contributed by atoms with E-state index in [1.54, 1.807) is 4.90 Å². The number of carboxylic acids is 1. The van der Waals surface area contributed by atoms with Gasteiger partial charge in [-0.1, -0.05) is 31.5 Å². The van der Waals surface area contributed by atoms with Crippen LogP contribution >= 0.6 is 0 Å². The molecule has 20 heavy (non-hydrogen) atoms. The Labute approximate surface area is 119 Å². The van der Waals surface area contributed by atoms with Gasteiger partial charge in [-0.25, -0.2) is 0 Å². The Hall–Kier alpha value is -2.04. The van der Waals surface area contributed by atoms with Gasteiger partial charge in [0.25, 0.3) is 0 Å². The number of carbonyl (C=O) groups is 2. The molecule has 0 fully saturated rings. The zero-order chi connectivity index (χ0) is 15.1. The molecule has 0 aromatic heterocycles. The van der Waals surface area contributed by atoms with Crippen molar-refractivity contribution in [3.05, 3.63) is 29.8 Å². The highest BCUT2D eigenvalue weighted by atomic mass is 16.4. The van der Waals surface area contributed by atoms with E-state index in [9.17, 15) is 9.59 Å². The Morgan fingerprint density at radius 3 is 2.30 bits per heavy atom. The van der Waals surface area contributed by atoms with Gasteiger partial charge < -0.3 is 15.3 Å². The van der Waals surface area contributed by atoms with Crippen LogP contribution in [-0.4, -0.2) is 36.6 Å². The Kier molecular flexibility index (Phi) is 6.03. The number of anilines is 1. The van der Waals surface area contributed by atoms with Crippen LogP contribution in [-0.2, 0) is 9.59 Å². The van der Waals surface area contributed by atoms with Gasteiger partial charge in [0, 0.05) is 12.2 Å². The van der Waals surface area contributed by atoms with Gasteiger partial charge in [0.05, 0.1) is 6.54 Å². The Morgan fingerprint density at radius 2 is 1.80 bits per heavy atom. The number of carbonyl (C=O) groups excluding carboxylic acids is 1. The lowest BCUT2D eigenvalue weighted by molar-refractivity contribution is -0.135. The Bertz CT molecular complexity index is 455. The molecule has 0 saturated heterocycles. The third kappa shape index (κ3) is 5.73. The minimum Gasteiger partial charge on any atom is -0.480 e. The molecule has 0 heterocycles. The van der Waals surface area contributed by atoms with Crippen LogP contribution in [0.3, 0.4) is 0 Å². The lowest BCUT2D eigenvalue weighted by atomic mass is 10.2. The first-order valence-electron chi connectivity index (χ1n) is 6.68. The minimum atomic E-state index is -0.956. The maximum atomic E-state index is 11.8. The molecule has 1 rings (SSSR count). The van der Waals surface area contributed by atoms with Gasteiger partial charge in [-0.05, 0) is 25.0 Å². The summed E-state index contributed by atoms with van der Waals surface area (Å²) in [6, 6.07) is 7.45. The average Bonchev–Trinajstić information content (AvgIpc) is 2.36. The number of nitrogens with one attached hydrogen (secondary N) is 1. The van der Waals surface area contributed by atoms with E-state index in [4.69, 9.17) is 5.11 Å². The van der Waals surface area contributed by atoms with E-state index in [1.807, 2.05) is 45.0 Å². The number of hydrogen-bond donors (Lipinski definition) is 2. The predicted molar refractivity (Wildman–Crippen MR) is 78.9 cm³/mol. The van der Waals surface area contributed by atoms with Gasteiger partial charge >= 0.3 is 5.97 Å². The summed E-state index contributed by atoms with van der Waals surface area (Å²) in [5.41, 5.74) is 1.82. The molecule has 0 bridgehead atoms. The number of aryl methyl sites for hydroxylation is 1. The highest BCUT2D eigenvalue weighted by Crippen LogP contribution is 2.14. The maximum absolute atomic E-state index is 11.8. The summed E-state index contributed by atoms with van der Waals surface area (Å²) in [4.78, 5) is 24.3. The van der Waals surface area contributed by atoms with E-state index >= 15 is 0 Å². The zero-order valence-corrected chi connectivity index (χ0v) is 12.2. The first kappa shape index (κ1) is 16.0. The summed E-state index contributed by atoms with van der Waals surface area (Å²) < 4.78 is 0. The summed E-state index contributed by atoms with van der Waals surface area (Å²) in [6.45, 7) is 6.42. The van der Waals surface area contributed by atoms with Crippen LogP contribution in [0.25, 0.3) is 0 Å². The topological polar surface area (TPSA) is 69.6 Å². The zero-order valence-electron chi connectivity index (χ0n) is 12.2. The van der Waals surface area contributed by atoms with Crippen molar-refractivity contribution >= 4 is 17.6 Å². The van der Waals surface area contributed by atoms with Gasteiger partial charge in [-0.3, -0.25) is 9.59 Å². The molecule has 0 spiro atoms. The lowest BCUT2D eigenvalue weighted by Crippen LogP contribution is -2.40. The monoisotopic (exact) mass is 278 g/mol. The fraction of sp³-hybridized carbons (Fsp3) is 0.467. The van der Waals surface area contributed by atoms with Crippen LogP contribution in [0.1, 0.15) is 19.4 Å². The smallest absolute Gasteiger partial charge is 0.323 e. The molecule has 1 amide bonds. The third-order valence-electron chi connectivity index (χ3n) is 2.77. The largest absolute Gasteiger partial charge is 0.480 e. The summed E-state index contributed by atoms with van der Waals surface area (Å²) in [5.74, 6) is -0.756. The second-order valence-corrected chi connectivity index (χ2v) is 5.28. The highest BCUT2D eigenvalue weighted by molar-refractivity contribution is 5.84. The van der Waals surface area contributed by atoms with Gasteiger partial charge in [-0.15, -0.1) is 0 Å². The molecule has 0 radical (unpaired) electrons. The first-order valence-corrected chi connectivity index (χ1v) is 6.68. The van der Waals surface area contributed by atoms with Crippen molar-refractivity contribution in [3.8, 4) is 0 Å². The number of nitrogens with zero attached hydrogens (tertiary/aromatic N) is 1. The third-order valence-corrected chi connectivity index (χ3v) is 2.77. The van der Waals surface area contributed by atoms with E-state index in [0.717, 1.165) is 11.3 Å². The summed E-state index contributed by atoms with van der Waals surface area (Å²) in [6.07, 6.45) is 0. The quantitative estimate of drug-likeness (QED) is 0.796. The van der Waals surface area contributed by atoms with E-state index in [1.165, 1.54) is 0 Å². The minimum absolute atomic E-state index is 0.0437. The van der Waals surface area contributed by atoms with Gasteiger partial charge in [0.1, 0.15) is 6.54 Å². The Morgan fingerprint density at radius 1 is 1.20 bits per heavy atom. The van der Waals surface area contributed by atoms with Crippen LogP contribution < -0.4 is 10.2 Å². The van der Waals surface area contributed by atoms with Crippen molar-refractivity contribution in [3.63, 3.8) is 0 Å². The number of rotatable bonds is 7. The van der Waals surface area contributed by atoms with Crippen molar-refractivity contribution in [2.24, 2.45) is 5.92 Å². The molecule has 0 atom stereocenters. The number of hydrogen-bond acceptors (Lipinski definition) is 3. The van der Waals surface area contributed by atoms with E-state index in [0.29, 0.717) is 12.5 Å². The summed E-state index contributed by atoms with van der Waals surface area (Å²) in [5, 5.41) is 11.8. The molecule has 2 N–H and O–H groups in total. The summed E-state index contributed by atoms with van der Waals surface area (Å²) in [7, 11) is 0. The second-order valence-electron chi connectivity index (χ2n) is 5.28. The molecule has 0 aliphatic carbocycles. The predicted octanol–water partition coefficient (Wildman–Crippen LogP) is 1.66. The number of carboxylic acid groups (broad SMARTS) is 1. The molecule has 5 heteroatoms. The standard InChI is InChI=1S/C15H22N2O3/c1-11(2)8-16-14(18)9-17(10-15(19)20)13-6-4-12(3)5-7-13/h4-7,11H,8-10H2,1-3H3,(H,16,18)(H,19,20). The van der Waals surface area contributed by atoms with Crippen LogP contribution in [0, 0.1) is 12.8 Å². The Balaban J connectivity index is 2.71. The van der Waals surface area contributed by atoms with Gasteiger partial charge in [0.2, 0.25) is 5.91 Å². The number of benzene rings is 1. The fourth-order valence-electron chi connectivity index (χ4n) is 1.70. The molecule has 0 unspecified atom stereocenters. The van der Waals surface area contributed by atoms with Crippen molar-refractivity contribution in [2.75, 3.05) is 24.5 Å². The maximum Gasteiger partial charge on any atom is 0.323 e. The molecule has 1 aromatic rings. The average molecular weight is 278 g/mol. The van der Waals surface area contributed by atoms with Crippen LogP contribution in [0.15, 0.2) is 24.3 Å². The molecule has 0 saturated carbocycles. The fourth-order valence-corrected chi connectivity index (χ4v) is 1.70. The first-order chi connectivity index (χ1) is 9.38. The normalized spacial score (nSPS) is 10.4. The number of amides is 1. The molecule has 5 nitrogen and oxygen atoms in total. The number of aliphatic carboxylic acids is 1. The van der Waals surface area contributed by atoms with Gasteiger partial charge in [0.15, 0.2) is 0 Å². The van der Waals surface area contributed by atoms with E-state index in [2.05, 4.69) is 5.32 Å². The van der Waals surface area contributed by atoms with E-state index < -0.39 is 5.97 Å². The van der Waals surface area contributed by atoms with Crippen molar-refractivity contribution < 1.29 is 14.7 Å². The molecule has 0 aliphatic rings. The van der Waals surface area contributed by atoms with Crippen molar-refractivity contribution in [1.29, 1.82) is 0 Å². The van der Waals surface area contributed by atoms with Crippen molar-refractivity contribution in [1.82, 2.24) is 5.32 Å². The van der Waals surface area contributed by atoms with E-state index in [-0.39, 0.29) is 19.0 Å². The second kappa shape index (κ2) is 7.53. The van der Waals surface area contributed by atoms with Crippen LogP contribution in [0.2, 0.25) is 0 Å². The highest BCUT2D eigenvalue weighted by Gasteiger charge is 2.14. The molecular weight excluding hydrogens is 256 g/mol. The lowest BCUT2D eigenvalue weighted by Gasteiger charge is -2.22. The molecular formula is C15H22N2O3.